The number of benzene rings is 8. The summed E-state index contributed by atoms with van der Waals surface area (Å²) in [6.45, 7) is 0. The van der Waals surface area contributed by atoms with Crippen molar-refractivity contribution in [1.82, 2.24) is 15.0 Å². The van der Waals surface area contributed by atoms with Crippen LogP contribution in [-0.4, -0.2) is 15.0 Å². The van der Waals surface area contributed by atoms with Crippen molar-refractivity contribution in [2.24, 2.45) is 0 Å². The van der Waals surface area contributed by atoms with E-state index in [1.807, 2.05) is 109 Å². The summed E-state index contributed by atoms with van der Waals surface area (Å²) in [5.74, 6) is 1.81. The third kappa shape index (κ3) is 5.15. The van der Waals surface area contributed by atoms with Crippen molar-refractivity contribution in [3.63, 3.8) is 0 Å². The van der Waals surface area contributed by atoms with Crippen LogP contribution in [0.1, 0.15) is 0 Å². The first-order chi connectivity index (χ1) is 28.2. The van der Waals surface area contributed by atoms with Crippen molar-refractivity contribution in [2.45, 2.75) is 0 Å². The molecule has 6 heteroatoms. The maximum absolute atomic E-state index is 6.78. The molecule has 0 unspecified atom stereocenters. The average Bonchev–Trinajstić information content (AvgIpc) is 3.97. The molecule has 0 fully saturated rings. The Labute approximate surface area is 325 Å². The fourth-order valence-electron chi connectivity index (χ4n) is 8.14. The Morgan fingerprint density at radius 1 is 0.263 bits per heavy atom. The number of hydrogen-bond acceptors (Lipinski definition) is 6. The lowest BCUT2D eigenvalue weighted by molar-refractivity contribution is 0.668. The summed E-state index contributed by atoms with van der Waals surface area (Å²) in [5.41, 5.74) is 11.7. The van der Waals surface area contributed by atoms with Gasteiger partial charge < -0.3 is 13.3 Å². The third-order valence-corrected chi connectivity index (χ3v) is 10.9. The third-order valence-electron chi connectivity index (χ3n) is 10.9. The highest BCUT2D eigenvalue weighted by atomic mass is 16.3. The van der Waals surface area contributed by atoms with Gasteiger partial charge in [0.1, 0.15) is 33.5 Å². The number of furan rings is 3. The lowest BCUT2D eigenvalue weighted by Crippen LogP contribution is -2.00. The lowest BCUT2D eigenvalue weighted by atomic mass is 9.94. The first kappa shape index (κ1) is 31.5. The van der Waals surface area contributed by atoms with E-state index in [4.69, 9.17) is 28.2 Å². The van der Waals surface area contributed by atoms with Crippen molar-refractivity contribution in [2.75, 3.05) is 0 Å². The van der Waals surface area contributed by atoms with Crippen LogP contribution in [0.4, 0.5) is 0 Å². The van der Waals surface area contributed by atoms with E-state index in [2.05, 4.69) is 66.7 Å². The fraction of sp³-hybridized carbons (Fsp3) is 0. The largest absolute Gasteiger partial charge is 0.456 e. The van der Waals surface area contributed by atoms with Gasteiger partial charge in [-0.25, -0.2) is 15.0 Å². The van der Waals surface area contributed by atoms with Gasteiger partial charge in [-0.1, -0.05) is 109 Å². The standard InChI is InChI=1S/C51H29N3O3/c1-3-11-30(12-4-1)49-52-50(31-13-5-2-6-14-31)54-51(53-49)34-21-24-45-41(25-34)42-27-35(32-19-22-38-36-15-7-9-17-43(36)55-46(38)28-32)26-40(48(42)57-45)33-20-23-39-37-16-8-10-18-44(37)56-47(39)29-33/h1-29H. The Kier molecular flexibility index (Phi) is 6.83. The molecule has 0 atom stereocenters. The molecule has 0 bridgehead atoms. The molecule has 12 rings (SSSR count). The van der Waals surface area contributed by atoms with E-state index in [0.29, 0.717) is 17.5 Å². The van der Waals surface area contributed by atoms with Crippen molar-refractivity contribution < 1.29 is 13.3 Å². The zero-order chi connectivity index (χ0) is 37.5. The second-order valence-corrected chi connectivity index (χ2v) is 14.4. The number of hydrogen-bond donors (Lipinski definition) is 0. The Morgan fingerprint density at radius 2 is 0.737 bits per heavy atom. The molecule has 0 spiro atoms. The minimum absolute atomic E-state index is 0.584. The molecule has 4 aromatic heterocycles. The molecule has 8 aromatic carbocycles. The molecule has 12 aromatic rings. The van der Waals surface area contributed by atoms with Gasteiger partial charge >= 0.3 is 0 Å². The van der Waals surface area contributed by atoms with Crippen LogP contribution in [0, 0.1) is 0 Å². The smallest absolute Gasteiger partial charge is 0.164 e. The number of para-hydroxylation sites is 2. The van der Waals surface area contributed by atoms with Gasteiger partial charge in [-0.05, 0) is 83.4 Å². The molecular formula is C51H29N3O3. The van der Waals surface area contributed by atoms with Crippen LogP contribution in [0.15, 0.2) is 189 Å². The second-order valence-electron chi connectivity index (χ2n) is 14.4. The summed E-state index contributed by atoms with van der Waals surface area (Å²) in [5, 5.41) is 6.31. The summed E-state index contributed by atoms with van der Waals surface area (Å²) >= 11 is 0. The highest BCUT2D eigenvalue weighted by molar-refractivity contribution is 6.14. The van der Waals surface area contributed by atoms with E-state index in [-0.39, 0.29) is 0 Å². The molecule has 0 radical (unpaired) electrons. The van der Waals surface area contributed by atoms with Gasteiger partial charge in [0.15, 0.2) is 17.5 Å². The number of rotatable bonds is 5. The molecule has 0 aliphatic heterocycles. The van der Waals surface area contributed by atoms with Crippen LogP contribution in [0.5, 0.6) is 0 Å². The monoisotopic (exact) mass is 731 g/mol. The highest BCUT2D eigenvalue weighted by Gasteiger charge is 2.20. The maximum Gasteiger partial charge on any atom is 0.164 e. The summed E-state index contributed by atoms with van der Waals surface area (Å²) in [7, 11) is 0. The predicted molar refractivity (Wildman–Crippen MR) is 229 cm³/mol. The van der Waals surface area contributed by atoms with Gasteiger partial charge in [0.25, 0.3) is 0 Å². The van der Waals surface area contributed by atoms with Crippen LogP contribution in [0.25, 0.3) is 122 Å². The summed E-state index contributed by atoms with van der Waals surface area (Å²) in [6, 6.07) is 59.9. The molecule has 0 aliphatic carbocycles. The van der Waals surface area contributed by atoms with Crippen LogP contribution in [0.2, 0.25) is 0 Å². The Hall–Kier alpha value is -7.83. The van der Waals surface area contributed by atoms with Gasteiger partial charge in [-0.3, -0.25) is 0 Å². The van der Waals surface area contributed by atoms with Crippen LogP contribution >= 0.6 is 0 Å². The first-order valence-electron chi connectivity index (χ1n) is 18.9. The average molecular weight is 732 g/mol. The predicted octanol–water partition coefficient (Wildman–Crippen LogP) is 13.9. The van der Waals surface area contributed by atoms with E-state index in [9.17, 15) is 0 Å². The molecule has 6 nitrogen and oxygen atoms in total. The van der Waals surface area contributed by atoms with Gasteiger partial charge in [0, 0.05) is 54.6 Å². The first-order valence-corrected chi connectivity index (χ1v) is 18.9. The molecule has 0 saturated carbocycles. The van der Waals surface area contributed by atoms with Crippen LogP contribution in [-0.2, 0) is 0 Å². The number of fused-ring (bicyclic) bond motifs is 9. The topological polar surface area (TPSA) is 78.1 Å². The second kappa shape index (κ2) is 12.3. The van der Waals surface area contributed by atoms with Crippen molar-refractivity contribution in [1.29, 1.82) is 0 Å². The molecule has 0 saturated heterocycles. The van der Waals surface area contributed by atoms with Gasteiger partial charge in [0.2, 0.25) is 0 Å². The summed E-state index contributed by atoms with van der Waals surface area (Å²) < 4.78 is 19.5. The van der Waals surface area contributed by atoms with E-state index in [1.165, 1.54) is 0 Å². The molecule has 0 N–H and O–H groups in total. The minimum Gasteiger partial charge on any atom is -0.456 e. The molecule has 0 aliphatic rings. The number of aromatic nitrogens is 3. The van der Waals surface area contributed by atoms with E-state index in [0.717, 1.165) is 105 Å². The highest BCUT2D eigenvalue weighted by Crippen LogP contribution is 2.43. The van der Waals surface area contributed by atoms with Crippen molar-refractivity contribution in [3.8, 4) is 56.4 Å². The Bertz CT molecular complexity index is 3470. The van der Waals surface area contributed by atoms with Gasteiger partial charge in [0.05, 0.1) is 0 Å². The number of nitrogens with zero attached hydrogens (tertiary/aromatic N) is 3. The quantitative estimate of drug-likeness (QED) is 0.175. The van der Waals surface area contributed by atoms with Gasteiger partial charge in [-0.15, -0.1) is 0 Å². The normalized spacial score (nSPS) is 11.9. The lowest BCUT2D eigenvalue weighted by Gasteiger charge is -2.09. The van der Waals surface area contributed by atoms with Crippen LogP contribution < -0.4 is 0 Å². The summed E-state index contributed by atoms with van der Waals surface area (Å²) in [6.07, 6.45) is 0. The molecule has 0 amide bonds. The zero-order valence-electron chi connectivity index (χ0n) is 30.3. The van der Waals surface area contributed by atoms with Crippen LogP contribution in [0.3, 0.4) is 0 Å². The van der Waals surface area contributed by atoms with Crippen molar-refractivity contribution in [3.05, 3.63) is 176 Å². The molecule has 4 heterocycles. The minimum atomic E-state index is 0.584. The van der Waals surface area contributed by atoms with Gasteiger partial charge in [-0.2, -0.15) is 0 Å². The molecule has 57 heavy (non-hydrogen) atoms. The Morgan fingerprint density at radius 3 is 1.37 bits per heavy atom. The SMILES string of the molecule is c1ccc(-c2nc(-c3ccccc3)nc(-c3ccc4oc5c(-c6ccc7c(c6)oc6ccccc67)cc(-c6ccc7c(c6)oc6ccccc67)cc5c4c3)n2)cc1. The zero-order valence-corrected chi connectivity index (χ0v) is 30.3. The van der Waals surface area contributed by atoms with Crippen molar-refractivity contribution >= 4 is 65.8 Å². The summed E-state index contributed by atoms with van der Waals surface area (Å²) in [4.78, 5) is 14.9. The molecule has 266 valence electrons. The Balaban J connectivity index is 1.08. The van der Waals surface area contributed by atoms with E-state index >= 15 is 0 Å². The van der Waals surface area contributed by atoms with E-state index in [1.54, 1.807) is 0 Å². The fourth-order valence-corrected chi connectivity index (χ4v) is 8.14. The van der Waals surface area contributed by atoms with E-state index < -0.39 is 0 Å². The maximum atomic E-state index is 6.78. The molecular weight excluding hydrogens is 703 g/mol.